The Hall–Kier alpha value is -3.65. The molecule has 0 radical (unpaired) electrons. The van der Waals surface area contributed by atoms with Crippen molar-refractivity contribution in [2.45, 2.75) is 13.3 Å². The molecule has 0 saturated carbocycles. The Balaban J connectivity index is 1.56. The van der Waals surface area contributed by atoms with Crippen LogP contribution in [0, 0.1) is 6.92 Å². The SMILES string of the molecule is Cc1ccc(N=C(N)/N=C(/N)NC(=O)Nc2ccc(C3=CCCN(C)C3)cc2)cc1. The molecule has 0 bridgehead atoms. The van der Waals surface area contributed by atoms with Gasteiger partial charge in [0.25, 0.3) is 0 Å². The van der Waals surface area contributed by atoms with Crippen molar-refractivity contribution in [1.29, 1.82) is 0 Å². The average molecular weight is 406 g/mol. The van der Waals surface area contributed by atoms with Gasteiger partial charge in [-0.2, -0.15) is 4.99 Å². The van der Waals surface area contributed by atoms with Gasteiger partial charge in [-0.3, -0.25) is 5.32 Å². The summed E-state index contributed by atoms with van der Waals surface area (Å²) in [4.78, 5) is 22.5. The molecular weight excluding hydrogens is 378 g/mol. The number of likely N-dealkylation sites (N-methyl/N-ethyl adjacent to an activating group) is 1. The molecular formula is C22H27N7O. The summed E-state index contributed by atoms with van der Waals surface area (Å²) in [7, 11) is 2.11. The number of hydrogen-bond donors (Lipinski definition) is 4. The van der Waals surface area contributed by atoms with E-state index in [4.69, 9.17) is 11.5 Å². The first-order valence-electron chi connectivity index (χ1n) is 9.70. The summed E-state index contributed by atoms with van der Waals surface area (Å²) in [6.07, 6.45) is 3.30. The Morgan fingerprint density at radius 3 is 2.43 bits per heavy atom. The predicted molar refractivity (Wildman–Crippen MR) is 123 cm³/mol. The Kier molecular flexibility index (Phi) is 6.82. The molecule has 0 atom stereocenters. The van der Waals surface area contributed by atoms with Crippen LogP contribution in [-0.4, -0.2) is 43.0 Å². The van der Waals surface area contributed by atoms with Gasteiger partial charge >= 0.3 is 6.03 Å². The van der Waals surface area contributed by atoms with Crippen molar-refractivity contribution >= 4 is 34.9 Å². The molecule has 8 heteroatoms. The maximum atomic E-state index is 12.1. The van der Waals surface area contributed by atoms with E-state index in [1.165, 1.54) is 5.57 Å². The van der Waals surface area contributed by atoms with E-state index >= 15 is 0 Å². The minimum absolute atomic E-state index is 0.0493. The van der Waals surface area contributed by atoms with Gasteiger partial charge < -0.3 is 21.7 Å². The number of nitrogens with zero attached hydrogens (tertiary/aromatic N) is 3. The number of hydrogen-bond acceptors (Lipinski definition) is 3. The minimum atomic E-state index is -0.510. The zero-order valence-electron chi connectivity index (χ0n) is 17.2. The van der Waals surface area contributed by atoms with Gasteiger partial charge in [0.1, 0.15) is 0 Å². The van der Waals surface area contributed by atoms with Gasteiger partial charge in [-0.1, -0.05) is 35.9 Å². The number of aryl methyl sites for hydroxylation is 1. The van der Waals surface area contributed by atoms with E-state index in [1.807, 2.05) is 55.5 Å². The number of anilines is 1. The summed E-state index contributed by atoms with van der Waals surface area (Å²) < 4.78 is 0. The van der Waals surface area contributed by atoms with Crippen LogP contribution in [0.2, 0.25) is 0 Å². The third-order valence-corrected chi connectivity index (χ3v) is 4.61. The van der Waals surface area contributed by atoms with Crippen LogP contribution < -0.4 is 22.1 Å². The minimum Gasteiger partial charge on any atom is -0.369 e. The van der Waals surface area contributed by atoms with E-state index in [9.17, 15) is 4.79 Å². The summed E-state index contributed by atoms with van der Waals surface area (Å²) in [5.74, 6) is -0.195. The van der Waals surface area contributed by atoms with Crippen molar-refractivity contribution < 1.29 is 4.79 Å². The van der Waals surface area contributed by atoms with E-state index in [1.54, 1.807) is 0 Å². The quantitative estimate of drug-likeness (QED) is 0.463. The second-order valence-electron chi connectivity index (χ2n) is 7.21. The summed E-state index contributed by atoms with van der Waals surface area (Å²) in [6, 6.07) is 14.6. The van der Waals surface area contributed by atoms with Crippen molar-refractivity contribution in [2.75, 3.05) is 25.5 Å². The molecule has 6 N–H and O–H groups in total. The number of rotatable bonds is 3. The first-order valence-corrected chi connectivity index (χ1v) is 9.70. The number of aliphatic imine (C=N–C) groups is 2. The van der Waals surface area contributed by atoms with Crippen LogP contribution in [0.25, 0.3) is 5.57 Å². The number of carbonyl (C=O) groups is 1. The second-order valence-corrected chi connectivity index (χ2v) is 7.21. The van der Waals surface area contributed by atoms with Crippen molar-refractivity contribution in [3.63, 3.8) is 0 Å². The smallest absolute Gasteiger partial charge is 0.325 e. The van der Waals surface area contributed by atoms with Gasteiger partial charge in [0.05, 0.1) is 5.69 Å². The average Bonchev–Trinajstić information content (AvgIpc) is 2.70. The highest BCUT2D eigenvalue weighted by Gasteiger charge is 2.10. The lowest BCUT2D eigenvalue weighted by Crippen LogP contribution is -2.40. The van der Waals surface area contributed by atoms with Crippen LogP contribution in [0.3, 0.4) is 0 Å². The number of guanidine groups is 2. The Morgan fingerprint density at radius 2 is 1.77 bits per heavy atom. The topological polar surface area (TPSA) is 121 Å². The number of nitrogens with two attached hydrogens (primary N) is 2. The van der Waals surface area contributed by atoms with Crippen molar-refractivity contribution in [2.24, 2.45) is 21.5 Å². The number of benzene rings is 2. The van der Waals surface area contributed by atoms with Gasteiger partial charge in [-0.05, 0) is 55.8 Å². The van der Waals surface area contributed by atoms with E-state index in [2.05, 4.69) is 38.6 Å². The van der Waals surface area contributed by atoms with Crippen LogP contribution in [0.4, 0.5) is 16.2 Å². The van der Waals surface area contributed by atoms with Gasteiger partial charge in [0.2, 0.25) is 11.9 Å². The molecule has 0 unspecified atom stereocenters. The second kappa shape index (κ2) is 9.71. The fraction of sp³-hybridized carbons (Fsp3) is 0.227. The van der Waals surface area contributed by atoms with E-state index in [-0.39, 0.29) is 11.9 Å². The molecule has 30 heavy (non-hydrogen) atoms. The zero-order valence-corrected chi connectivity index (χ0v) is 17.2. The van der Waals surface area contributed by atoms with E-state index in [0.29, 0.717) is 11.4 Å². The lowest BCUT2D eigenvalue weighted by atomic mass is 10.0. The van der Waals surface area contributed by atoms with Crippen LogP contribution in [-0.2, 0) is 0 Å². The van der Waals surface area contributed by atoms with Crippen molar-refractivity contribution in [3.8, 4) is 0 Å². The monoisotopic (exact) mass is 405 g/mol. The Bertz CT molecular complexity index is 976. The molecule has 0 spiro atoms. The normalized spacial score (nSPS) is 15.5. The fourth-order valence-electron chi connectivity index (χ4n) is 3.08. The number of nitrogens with one attached hydrogen (secondary N) is 2. The molecule has 1 heterocycles. The molecule has 2 aromatic carbocycles. The standard InChI is InChI=1S/C22H27N7O/c1-15-5-9-18(10-6-15)25-20(23)27-21(24)28-22(30)26-19-11-7-16(8-12-19)17-4-3-13-29(2)14-17/h4-12H,3,13-14H2,1-2H3,(H6,23,24,25,26,27,28,30). The molecule has 0 fully saturated rings. The number of urea groups is 1. The number of carbonyl (C=O) groups excluding carboxylic acids is 1. The lowest BCUT2D eigenvalue weighted by molar-refractivity contribution is 0.256. The highest BCUT2D eigenvalue weighted by atomic mass is 16.2. The molecule has 2 aromatic rings. The van der Waals surface area contributed by atoms with Crippen LogP contribution in [0.5, 0.6) is 0 Å². The lowest BCUT2D eigenvalue weighted by Gasteiger charge is -2.23. The van der Waals surface area contributed by atoms with Crippen molar-refractivity contribution in [3.05, 3.63) is 65.7 Å². The van der Waals surface area contributed by atoms with Gasteiger partial charge in [0, 0.05) is 18.8 Å². The summed E-state index contributed by atoms with van der Waals surface area (Å²) in [6.45, 7) is 3.98. The summed E-state index contributed by atoms with van der Waals surface area (Å²) >= 11 is 0. The molecule has 1 aliphatic heterocycles. The van der Waals surface area contributed by atoms with Gasteiger partial charge in [-0.15, -0.1) is 0 Å². The molecule has 0 saturated heterocycles. The predicted octanol–water partition coefficient (Wildman–Crippen LogP) is 2.80. The first-order chi connectivity index (χ1) is 14.4. The maximum Gasteiger partial charge on any atom is 0.325 e. The molecule has 8 nitrogen and oxygen atoms in total. The van der Waals surface area contributed by atoms with Crippen LogP contribution >= 0.6 is 0 Å². The fourth-order valence-corrected chi connectivity index (χ4v) is 3.08. The van der Waals surface area contributed by atoms with Gasteiger partial charge in [0.15, 0.2) is 0 Å². The largest absolute Gasteiger partial charge is 0.369 e. The zero-order chi connectivity index (χ0) is 21.5. The highest BCUT2D eigenvalue weighted by Crippen LogP contribution is 2.21. The van der Waals surface area contributed by atoms with E-state index < -0.39 is 6.03 Å². The number of amides is 2. The first kappa shape index (κ1) is 21.1. The molecule has 3 rings (SSSR count). The Labute approximate surface area is 176 Å². The third-order valence-electron chi connectivity index (χ3n) is 4.61. The molecule has 0 aliphatic carbocycles. The van der Waals surface area contributed by atoms with E-state index in [0.717, 1.165) is 30.6 Å². The maximum absolute atomic E-state index is 12.1. The van der Waals surface area contributed by atoms with Crippen molar-refractivity contribution in [1.82, 2.24) is 10.2 Å². The summed E-state index contributed by atoms with van der Waals surface area (Å²) in [5.41, 5.74) is 16.4. The molecule has 0 aromatic heterocycles. The molecule has 2 amide bonds. The summed E-state index contributed by atoms with van der Waals surface area (Å²) in [5, 5.41) is 5.16. The third kappa shape index (κ3) is 6.18. The van der Waals surface area contributed by atoms with Gasteiger partial charge in [-0.25, -0.2) is 9.79 Å². The van der Waals surface area contributed by atoms with Crippen LogP contribution in [0.15, 0.2) is 64.6 Å². The van der Waals surface area contributed by atoms with Crippen LogP contribution in [0.1, 0.15) is 17.5 Å². The Morgan fingerprint density at radius 1 is 1.07 bits per heavy atom. The molecule has 156 valence electrons. The molecule has 1 aliphatic rings. The highest BCUT2D eigenvalue weighted by molar-refractivity contribution is 6.05.